The smallest absolute Gasteiger partial charge is 0.305 e. The summed E-state index contributed by atoms with van der Waals surface area (Å²) in [6.45, 7) is 9.78. The van der Waals surface area contributed by atoms with E-state index in [1.54, 1.807) is 7.05 Å². The minimum Gasteiger partial charge on any atom is -0.481 e. The van der Waals surface area contributed by atoms with Crippen molar-refractivity contribution in [3.05, 3.63) is 0 Å². The van der Waals surface area contributed by atoms with E-state index in [2.05, 4.69) is 4.90 Å². The summed E-state index contributed by atoms with van der Waals surface area (Å²) in [6.07, 6.45) is 0.183. The van der Waals surface area contributed by atoms with Gasteiger partial charge in [0.15, 0.2) is 0 Å². The highest BCUT2D eigenvalue weighted by molar-refractivity contribution is 5.82. The Morgan fingerprint density at radius 3 is 2.24 bits per heavy atom. The van der Waals surface area contributed by atoms with Crippen molar-refractivity contribution < 1.29 is 19.4 Å². The molecule has 1 amide bonds. The predicted molar refractivity (Wildman–Crippen MR) is 80.1 cm³/mol. The fraction of sp³-hybridized carbons (Fsp3) is 0.867. The van der Waals surface area contributed by atoms with E-state index in [9.17, 15) is 9.59 Å². The third kappa shape index (κ3) is 5.28. The number of carbonyl (C=O) groups excluding carboxylic acids is 1. The van der Waals surface area contributed by atoms with Crippen molar-refractivity contribution in [2.75, 3.05) is 26.7 Å². The summed E-state index contributed by atoms with van der Waals surface area (Å²) in [4.78, 5) is 27.0. The van der Waals surface area contributed by atoms with Crippen LogP contribution < -0.4 is 0 Å². The maximum atomic E-state index is 12.7. The van der Waals surface area contributed by atoms with Crippen LogP contribution in [0.2, 0.25) is 0 Å². The molecule has 0 unspecified atom stereocenters. The molecule has 122 valence electrons. The molecule has 1 N–H and O–H groups in total. The van der Waals surface area contributed by atoms with Crippen LogP contribution in [0, 0.1) is 5.92 Å². The number of rotatable bonds is 6. The normalized spacial score (nSPS) is 24.9. The summed E-state index contributed by atoms with van der Waals surface area (Å²) in [7, 11) is 1.67. The topological polar surface area (TPSA) is 70.1 Å². The fourth-order valence-corrected chi connectivity index (χ4v) is 2.91. The molecule has 1 aliphatic rings. The van der Waals surface area contributed by atoms with Gasteiger partial charge >= 0.3 is 5.97 Å². The first-order valence-electron chi connectivity index (χ1n) is 7.58. The van der Waals surface area contributed by atoms with E-state index >= 15 is 0 Å². The molecular weight excluding hydrogens is 272 g/mol. The first-order valence-corrected chi connectivity index (χ1v) is 7.58. The summed E-state index contributed by atoms with van der Waals surface area (Å²) in [5.74, 6) is -0.723. The molecule has 3 atom stereocenters. The standard InChI is InChI=1S/C15H28N2O4/c1-10(2)14(15(20)16(5)7-6-13(18)19)17-8-11(3)21-12(4)9-17/h10-12,14H,6-9H2,1-5H3,(H,18,19)/t11-,12-,14-/m1/s1. The molecule has 6 heteroatoms. The Morgan fingerprint density at radius 1 is 1.29 bits per heavy atom. The zero-order valence-corrected chi connectivity index (χ0v) is 13.7. The molecule has 1 saturated heterocycles. The predicted octanol–water partition coefficient (Wildman–Crippen LogP) is 1.05. The Bertz CT molecular complexity index is 363. The van der Waals surface area contributed by atoms with Gasteiger partial charge in [-0.2, -0.15) is 0 Å². The van der Waals surface area contributed by atoms with Crippen LogP contribution in [-0.4, -0.2) is 71.7 Å². The second-order valence-corrected chi connectivity index (χ2v) is 6.30. The van der Waals surface area contributed by atoms with Gasteiger partial charge in [-0.05, 0) is 19.8 Å². The van der Waals surface area contributed by atoms with Crippen LogP contribution in [0.25, 0.3) is 0 Å². The lowest BCUT2D eigenvalue weighted by atomic mass is 9.99. The highest BCUT2D eigenvalue weighted by atomic mass is 16.5. The lowest BCUT2D eigenvalue weighted by Gasteiger charge is -2.42. The number of carboxylic acids is 1. The second kappa shape index (κ2) is 7.75. The van der Waals surface area contributed by atoms with Crippen molar-refractivity contribution in [3.63, 3.8) is 0 Å². The number of carboxylic acid groups (broad SMARTS) is 1. The van der Waals surface area contributed by atoms with E-state index in [0.29, 0.717) is 0 Å². The van der Waals surface area contributed by atoms with Crippen LogP contribution in [0.3, 0.4) is 0 Å². The van der Waals surface area contributed by atoms with E-state index in [1.807, 2.05) is 27.7 Å². The summed E-state index contributed by atoms with van der Waals surface area (Å²) in [6, 6.07) is -0.224. The van der Waals surface area contributed by atoms with Crippen LogP contribution in [0.5, 0.6) is 0 Å². The zero-order chi connectivity index (χ0) is 16.2. The number of ether oxygens (including phenoxy) is 1. The number of carbonyl (C=O) groups is 2. The second-order valence-electron chi connectivity index (χ2n) is 6.30. The van der Waals surface area contributed by atoms with E-state index in [0.717, 1.165) is 13.1 Å². The number of likely N-dealkylation sites (N-methyl/N-ethyl adjacent to an activating group) is 1. The molecule has 0 saturated carbocycles. The van der Waals surface area contributed by atoms with Gasteiger partial charge in [0.1, 0.15) is 0 Å². The highest BCUT2D eigenvalue weighted by Gasteiger charge is 2.35. The summed E-state index contributed by atoms with van der Waals surface area (Å²) in [5.41, 5.74) is 0. The Labute approximate surface area is 127 Å². The first-order chi connectivity index (χ1) is 9.72. The SMILES string of the molecule is CC(C)[C@H](C(=O)N(C)CCC(=O)O)N1C[C@@H](C)O[C@H](C)C1. The Kier molecular flexibility index (Phi) is 6.61. The summed E-state index contributed by atoms with van der Waals surface area (Å²) >= 11 is 0. The van der Waals surface area contributed by atoms with E-state index in [1.165, 1.54) is 4.90 Å². The Balaban J connectivity index is 2.75. The molecule has 1 heterocycles. The van der Waals surface area contributed by atoms with Crippen molar-refractivity contribution in [2.45, 2.75) is 52.4 Å². The Hall–Kier alpha value is -1.14. The maximum absolute atomic E-state index is 12.7. The van der Waals surface area contributed by atoms with Gasteiger partial charge in [-0.25, -0.2) is 0 Å². The van der Waals surface area contributed by atoms with Gasteiger partial charge in [-0.3, -0.25) is 14.5 Å². The lowest BCUT2D eigenvalue weighted by Crippen LogP contribution is -2.57. The third-order valence-electron chi connectivity index (χ3n) is 3.76. The molecule has 0 spiro atoms. The number of hydrogen-bond acceptors (Lipinski definition) is 4. The average Bonchev–Trinajstić information content (AvgIpc) is 2.34. The van der Waals surface area contributed by atoms with Crippen molar-refractivity contribution in [2.24, 2.45) is 5.92 Å². The quantitative estimate of drug-likeness (QED) is 0.794. The minimum absolute atomic E-state index is 0.00690. The minimum atomic E-state index is -0.885. The van der Waals surface area contributed by atoms with Gasteiger partial charge in [0, 0.05) is 26.7 Å². The molecule has 0 aliphatic carbocycles. The van der Waals surface area contributed by atoms with Gasteiger partial charge in [-0.1, -0.05) is 13.8 Å². The zero-order valence-electron chi connectivity index (χ0n) is 13.7. The molecule has 0 aromatic carbocycles. The molecule has 0 radical (unpaired) electrons. The largest absolute Gasteiger partial charge is 0.481 e. The summed E-state index contributed by atoms with van der Waals surface area (Å²) in [5, 5.41) is 8.75. The fourth-order valence-electron chi connectivity index (χ4n) is 2.91. The third-order valence-corrected chi connectivity index (χ3v) is 3.76. The highest BCUT2D eigenvalue weighted by Crippen LogP contribution is 2.20. The van der Waals surface area contributed by atoms with Crippen LogP contribution in [0.4, 0.5) is 0 Å². The van der Waals surface area contributed by atoms with Gasteiger partial charge in [-0.15, -0.1) is 0 Å². The average molecular weight is 300 g/mol. The molecule has 1 aliphatic heterocycles. The molecular formula is C15H28N2O4. The van der Waals surface area contributed by atoms with E-state index in [-0.39, 0.29) is 43.0 Å². The van der Waals surface area contributed by atoms with Crippen molar-refractivity contribution >= 4 is 11.9 Å². The van der Waals surface area contributed by atoms with E-state index < -0.39 is 5.97 Å². The molecule has 0 bridgehead atoms. The van der Waals surface area contributed by atoms with Crippen molar-refractivity contribution in [1.29, 1.82) is 0 Å². The van der Waals surface area contributed by atoms with Crippen LogP contribution >= 0.6 is 0 Å². The molecule has 1 fully saturated rings. The van der Waals surface area contributed by atoms with Gasteiger partial charge in [0.2, 0.25) is 5.91 Å². The van der Waals surface area contributed by atoms with E-state index in [4.69, 9.17) is 9.84 Å². The number of nitrogens with zero attached hydrogens (tertiary/aromatic N) is 2. The summed E-state index contributed by atoms with van der Waals surface area (Å²) < 4.78 is 5.72. The Morgan fingerprint density at radius 2 is 1.81 bits per heavy atom. The molecule has 6 nitrogen and oxygen atoms in total. The molecule has 1 rings (SSSR count). The molecule has 0 aromatic heterocycles. The molecule has 0 aromatic rings. The van der Waals surface area contributed by atoms with Crippen molar-refractivity contribution in [1.82, 2.24) is 9.80 Å². The number of amides is 1. The number of aliphatic carboxylic acids is 1. The van der Waals surface area contributed by atoms with Crippen LogP contribution in [-0.2, 0) is 14.3 Å². The molecule has 21 heavy (non-hydrogen) atoms. The monoisotopic (exact) mass is 300 g/mol. The van der Waals surface area contributed by atoms with Crippen LogP contribution in [0.1, 0.15) is 34.1 Å². The first kappa shape index (κ1) is 17.9. The number of morpholine rings is 1. The maximum Gasteiger partial charge on any atom is 0.305 e. The van der Waals surface area contributed by atoms with Crippen molar-refractivity contribution in [3.8, 4) is 0 Å². The number of hydrogen-bond donors (Lipinski definition) is 1. The van der Waals surface area contributed by atoms with Gasteiger partial charge in [0.05, 0.1) is 24.7 Å². The van der Waals surface area contributed by atoms with Gasteiger partial charge in [0.25, 0.3) is 0 Å². The lowest BCUT2D eigenvalue weighted by molar-refractivity contribution is -0.145. The van der Waals surface area contributed by atoms with Crippen LogP contribution in [0.15, 0.2) is 0 Å². The van der Waals surface area contributed by atoms with Gasteiger partial charge < -0.3 is 14.7 Å².